The molecule has 8 N–H and O–H groups in total. The zero-order chi connectivity index (χ0) is 143. The predicted molar refractivity (Wildman–Crippen MR) is 471 cm³/mol. The van der Waals surface area contributed by atoms with E-state index in [9.17, 15) is 52.1 Å². The zero-order valence-corrected chi connectivity index (χ0v) is 70.2. The number of carbonyl (C=O) groups excluding carboxylic acids is 4. The highest BCUT2D eigenvalue weighted by molar-refractivity contribution is 5.77. The third-order valence-electron chi connectivity index (χ3n) is 19.4. The Morgan fingerprint density at radius 1 is 0.367 bits per heavy atom. The molecular weight excluding hydrogens is 1520 g/mol. The van der Waals surface area contributed by atoms with Crippen molar-refractivity contribution >= 4 is 23.9 Å². The normalized spacial score (nSPS) is 43.8. The van der Waals surface area contributed by atoms with Gasteiger partial charge in [-0.05, 0) is 191 Å². The van der Waals surface area contributed by atoms with E-state index >= 15 is 0 Å². The number of piperidine rings is 4. The van der Waals surface area contributed by atoms with E-state index in [4.69, 9.17) is 132 Å². The molecule has 24 heteroatoms. The molecule has 0 bridgehead atoms. The largest absolute Gasteiger partial charge is 0.493 e. The second-order valence-electron chi connectivity index (χ2n) is 29.6. The summed E-state index contributed by atoms with van der Waals surface area (Å²) in [5.74, 6) is -42.2. The van der Waals surface area contributed by atoms with Crippen LogP contribution in [0.15, 0.2) is 48.3 Å². The van der Waals surface area contributed by atoms with E-state index in [0.717, 1.165) is 28.4 Å². The second-order valence-corrected chi connectivity index (χ2v) is 29.6. The van der Waals surface area contributed by atoms with E-state index in [1.165, 1.54) is 69.6 Å². The molecule has 0 amide bonds. The fraction of sp³-hybridized carbons (Fsp3) is 0.708. The Hall–Kier alpha value is -7.16. The lowest BCUT2D eigenvalue weighted by Gasteiger charge is -2.47. The van der Waals surface area contributed by atoms with Gasteiger partial charge in [0.2, 0.25) is 0 Å². The number of nitrogens with zero attached hydrogens (tertiary/aromatic N) is 4. The molecule has 0 aromatic heterocycles. The molecule has 4 saturated heterocycles. The quantitative estimate of drug-likeness (QED) is 0.0303. The van der Waals surface area contributed by atoms with Crippen LogP contribution in [-0.4, -0.2) is 201 Å². The molecule has 4 fully saturated rings. The van der Waals surface area contributed by atoms with Crippen LogP contribution < -0.4 is 60.8 Å². The number of rotatable bonds is 28. The van der Waals surface area contributed by atoms with Crippen LogP contribution >= 0.6 is 0 Å². The summed E-state index contributed by atoms with van der Waals surface area (Å²) in [7, 11) is 0.521. The summed E-state index contributed by atoms with van der Waals surface area (Å²) in [6.07, 6.45) is -47.5. The molecule has 4 aromatic rings. The van der Waals surface area contributed by atoms with Crippen molar-refractivity contribution in [2.24, 2.45) is 93.8 Å². The van der Waals surface area contributed by atoms with Crippen LogP contribution in [0.4, 0.5) is 0 Å². The molecule has 4 aromatic carbocycles. The Labute approximate surface area is 805 Å². The third-order valence-corrected chi connectivity index (χ3v) is 19.4. The van der Waals surface area contributed by atoms with Crippen LogP contribution in [0.1, 0.15) is 315 Å². The van der Waals surface area contributed by atoms with Crippen LogP contribution in [0, 0.1) is 70.8 Å². The van der Waals surface area contributed by atoms with Crippen molar-refractivity contribution in [2.75, 3.05) is 109 Å². The van der Waals surface area contributed by atoms with Crippen LogP contribution in [0.25, 0.3) is 0 Å². The summed E-state index contributed by atoms with van der Waals surface area (Å²) in [5, 5.41) is 0. The fourth-order valence-electron chi connectivity index (χ4n) is 12.7. The molecular formula is C96H152N8O16. The van der Waals surface area contributed by atoms with E-state index in [2.05, 4.69) is 0 Å². The maximum absolute atomic E-state index is 13.3. The first-order valence-corrected chi connectivity index (χ1v) is 38.3. The SMILES string of the molecule is [2H]c1c2c(c([2H])c(OC)c1OC([2H])([2H])[2H])C1N(CC2)C([2H])([2H])C([2H])(C([2H])([2H])C([2H])(C)C([2H])([2H])[2H])C([2H])(OC(=O)[C@@H](N)C(C)C)C1([2H])[2H].[2H]c1c2c(c([2H])c(OC)c1OC([2H])([2H])[2H])C1N(CC2)C([2H])([2H])C([2H])(C([2H])([2H])C([2H])(C)C([2H])([2H])[2H])C([2H])(OC(=O)[C@@H](N)C(C)C)C1([2H])[2H].[2H]c1c2c(c([2H])c(OC)c1OC)C1N(CC2)C([2H])([2H])C([2H])(C([2H])([2H])C([2H])(C)C([2H])([2H])[2H])C([2H])(OC(=O)[C@@H](N)C(C)C)C1([2H])[2H].[2H]c1c2c(c([2H])c(OC)c1OC)C1N(CC2)C([2H])([2H])C([2H])(C([2H])([2H])C([2H])(C)C([2H])([2H])[2H])C([2H])(OC(=O)[C@@H](N)C(C)C)C1([2H])[2H]. The smallest absolute Gasteiger partial charge is 0.323 e. The average Bonchev–Trinajstić information content (AvgIpc) is 0.657. The maximum atomic E-state index is 13.3. The van der Waals surface area contributed by atoms with Crippen molar-refractivity contribution in [1.29, 1.82) is 0 Å². The number of nitrogens with two attached hydrogens (primary N) is 4. The van der Waals surface area contributed by atoms with Gasteiger partial charge < -0.3 is 79.8 Å². The Balaban J connectivity index is 0.000000265. The summed E-state index contributed by atoms with van der Waals surface area (Å²) in [4.78, 5) is 55.7. The molecule has 12 rings (SSSR count). The predicted octanol–water partition coefficient (Wildman–Crippen LogP) is 14.3. The van der Waals surface area contributed by atoms with Gasteiger partial charge in [0, 0.05) is 186 Å². The van der Waals surface area contributed by atoms with Gasteiger partial charge in [0.05, 0.1) is 81.4 Å². The van der Waals surface area contributed by atoms with Crippen molar-refractivity contribution < 1.29 is 161 Å². The van der Waals surface area contributed by atoms with Gasteiger partial charge in [-0.25, -0.2) is 0 Å². The van der Waals surface area contributed by atoms with Gasteiger partial charge in [-0.2, -0.15) is 0 Å². The van der Waals surface area contributed by atoms with Gasteiger partial charge in [-0.1, -0.05) is 110 Å². The summed E-state index contributed by atoms with van der Waals surface area (Å²) in [6, 6.07) is -19.6. The standard InChI is InChI=1S/4C24H38N2O4/c4*1-14(2)9-17-13-26-8-7-16-10-21(28-5)22(29-6)11-18(16)19(26)12-20(17)30-24(27)23(25)15(3)4/h4*10-11,14-15,17,19-20,23H,7-9,12-13,25H2,1-6H3/t4*17?,19?,20?,23-/m0000/s1/i2*1D3,5D3,9D2,10D,11D,12D2,13D2,14D,17D,20D;2*1D3,9D2,10D,11D,12D2,13D2,14D,17D,20D/t4*14?,17?,19?,20?,23-. The van der Waals surface area contributed by atoms with Crippen molar-refractivity contribution in [3.05, 3.63) is 92.8 Å². The molecule has 16 unspecified atom stereocenters. The molecule has 0 aliphatic carbocycles. The number of esters is 4. The third kappa shape index (κ3) is 23.8. The number of hydrogen-bond acceptors (Lipinski definition) is 24. The van der Waals surface area contributed by atoms with Gasteiger partial charge in [-0.15, -0.1) is 0 Å². The minimum Gasteiger partial charge on any atom is -0.493 e. The number of hydrogen-bond donors (Lipinski definition) is 4. The molecule has 24 nitrogen and oxygen atoms in total. The Bertz CT molecular complexity index is 6690. The first kappa shape index (κ1) is 42.2. The van der Waals surface area contributed by atoms with Crippen LogP contribution in [0.3, 0.4) is 0 Å². The summed E-state index contributed by atoms with van der Waals surface area (Å²) < 4.78 is 601. The van der Waals surface area contributed by atoms with Gasteiger partial charge in [-0.3, -0.25) is 38.8 Å². The lowest BCUT2D eigenvalue weighted by Crippen LogP contribution is -2.51. The van der Waals surface area contributed by atoms with Crippen molar-refractivity contribution in [2.45, 2.75) is 260 Å². The van der Waals surface area contributed by atoms with Crippen molar-refractivity contribution in [1.82, 2.24) is 19.6 Å². The number of ether oxygens (including phenoxy) is 12. The van der Waals surface area contributed by atoms with Gasteiger partial charge in [0.25, 0.3) is 0 Å². The highest BCUT2D eigenvalue weighted by Crippen LogP contribution is 2.50. The zero-order valence-electron chi connectivity index (χ0n) is 132. The van der Waals surface area contributed by atoms with Gasteiger partial charge in [0.1, 0.15) is 48.5 Å². The molecule has 8 aliphatic heterocycles. The first-order valence-electron chi connectivity index (χ1n) is 69.3. The second kappa shape index (κ2) is 43.9. The van der Waals surface area contributed by atoms with Crippen molar-refractivity contribution in [3.63, 3.8) is 0 Å². The highest BCUT2D eigenvalue weighted by Gasteiger charge is 2.47. The van der Waals surface area contributed by atoms with Crippen LogP contribution in [-0.2, 0) is 63.8 Å². The molecule has 0 saturated carbocycles. The Kier molecular flexibility index (Phi) is 15.5. The molecule has 672 valence electrons. The molecule has 8 heterocycles. The maximum Gasteiger partial charge on any atom is 0.323 e. The summed E-state index contributed by atoms with van der Waals surface area (Å²) in [5.41, 5.74) is 21.5. The first-order chi connectivity index (χ1) is 81.0. The molecule has 8 aliphatic rings. The number of methoxy groups -OCH3 is 8. The number of benzene rings is 4. The van der Waals surface area contributed by atoms with E-state index in [1.54, 1.807) is 0 Å². The minimum absolute atomic E-state index is 0.0226. The van der Waals surface area contributed by atoms with E-state index in [-0.39, 0.29) is 81.3 Å². The van der Waals surface area contributed by atoms with Gasteiger partial charge in [0.15, 0.2) is 46.0 Å². The van der Waals surface area contributed by atoms with E-state index in [1.807, 2.05) is 0 Å². The molecule has 120 heavy (non-hydrogen) atoms. The Morgan fingerprint density at radius 3 is 0.733 bits per heavy atom. The van der Waals surface area contributed by atoms with Crippen LogP contribution in [0.5, 0.6) is 46.0 Å². The number of carbonyl (C=O) groups is 4. The summed E-state index contributed by atoms with van der Waals surface area (Å²) >= 11 is 0. The molecule has 0 radical (unpaired) electrons. The molecule has 0 spiro atoms. The summed E-state index contributed by atoms with van der Waals surface area (Å²) in [6.45, 7) is -17.0. The molecule has 20 atom stereocenters. The monoisotopic (exact) mass is 1740 g/mol. The topological polar surface area (TPSA) is 296 Å². The fourth-order valence-corrected chi connectivity index (χ4v) is 12.7. The lowest BCUT2D eigenvalue weighted by atomic mass is 9.79. The highest BCUT2D eigenvalue weighted by atomic mass is 16.6. The minimum atomic E-state index is -4.07. The Morgan fingerprint density at radius 2 is 0.558 bits per heavy atom. The van der Waals surface area contributed by atoms with E-state index in [0.29, 0.717) is 47.3 Å². The average molecular weight is 1740 g/mol. The van der Waals surface area contributed by atoms with Crippen LogP contribution in [0.2, 0.25) is 0 Å². The van der Waals surface area contributed by atoms with E-state index < -0.39 is 395 Å². The number of fused-ring (bicyclic) bond motifs is 12. The van der Waals surface area contributed by atoms with Crippen molar-refractivity contribution in [3.8, 4) is 46.0 Å². The lowest BCUT2D eigenvalue weighted by molar-refractivity contribution is -0.161. The van der Waals surface area contributed by atoms with Gasteiger partial charge >= 0.3 is 23.9 Å².